The number of morpholine rings is 1. The third-order valence-corrected chi connectivity index (χ3v) is 6.75. The fourth-order valence-electron chi connectivity index (χ4n) is 4.67. The number of aromatic nitrogens is 3. The maximum atomic E-state index is 12.6. The minimum atomic E-state index is -4.47. The van der Waals surface area contributed by atoms with Crippen LogP contribution in [0.5, 0.6) is 0 Å². The molecule has 0 bridgehead atoms. The van der Waals surface area contributed by atoms with Gasteiger partial charge in [-0.25, -0.2) is 0 Å². The Kier molecular flexibility index (Phi) is 8.02. The van der Waals surface area contributed by atoms with E-state index in [0.717, 1.165) is 31.2 Å². The van der Waals surface area contributed by atoms with Crippen LogP contribution in [-0.2, 0) is 16.0 Å². The molecule has 192 valence electrons. The number of alkyl halides is 3. The lowest BCUT2D eigenvalue weighted by Crippen LogP contribution is -2.59. The predicted molar refractivity (Wildman–Crippen MR) is 125 cm³/mol. The molecule has 2 aliphatic rings. The van der Waals surface area contributed by atoms with Crippen LogP contribution in [0.15, 0.2) is 24.3 Å². The molecule has 4 N–H and O–H groups in total. The first-order valence-electron chi connectivity index (χ1n) is 11.6. The van der Waals surface area contributed by atoms with Crippen molar-refractivity contribution in [1.29, 1.82) is 0 Å². The zero-order valence-corrected chi connectivity index (χ0v) is 19.9. The molecule has 35 heavy (non-hydrogen) atoms. The number of rotatable bonds is 7. The second kappa shape index (κ2) is 11.0. The number of H-pyrrole nitrogens is 1. The zero-order chi connectivity index (χ0) is 25.0. The Morgan fingerprint density at radius 1 is 1.23 bits per heavy atom. The van der Waals surface area contributed by atoms with Crippen molar-refractivity contribution in [2.45, 2.75) is 50.0 Å². The fourth-order valence-corrected chi connectivity index (χ4v) is 4.80. The number of aryl methyl sites for hydroxylation is 1. The van der Waals surface area contributed by atoms with Crippen LogP contribution in [0.2, 0.25) is 5.02 Å². The summed E-state index contributed by atoms with van der Waals surface area (Å²) < 4.78 is 43.5. The highest BCUT2D eigenvalue weighted by atomic mass is 35.5. The van der Waals surface area contributed by atoms with E-state index in [1.807, 2.05) is 29.6 Å². The van der Waals surface area contributed by atoms with Gasteiger partial charge in [0.05, 0.1) is 6.61 Å². The Bertz CT molecular complexity index is 980. The van der Waals surface area contributed by atoms with E-state index in [-0.39, 0.29) is 31.2 Å². The van der Waals surface area contributed by atoms with Crippen molar-refractivity contribution in [1.82, 2.24) is 25.4 Å². The summed E-state index contributed by atoms with van der Waals surface area (Å²) in [6.07, 6.45) is -2.23. The van der Waals surface area contributed by atoms with Gasteiger partial charge in [-0.15, -0.1) is 10.2 Å². The first-order chi connectivity index (χ1) is 16.7. The van der Waals surface area contributed by atoms with Gasteiger partial charge in [0.1, 0.15) is 12.6 Å². The Morgan fingerprint density at radius 3 is 2.57 bits per heavy atom. The number of nitrogens with one attached hydrogen (secondary N) is 2. The molecule has 3 heterocycles. The number of piperidine rings is 1. The highest BCUT2D eigenvalue weighted by Crippen LogP contribution is 2.27. The van der Waals surface area contributed by atoms with E-state index in [4.69, 9.17) is 22.1 Å². The third kappa shape index (κ3) is 6.98. The maximum absolute atomic E-state index is 12.6. The van der Waals surface area contributed by atoms with Crippen LogP contribution in [0.3, 0.4) is 0 Å². The summed E-state index contributed by atoms with van der Waals surface area (Å²) in [7, 11) is 0. The monoisotopic (exact) mass is 515 g/mol. The Balaban J connectivity index is 1.40. The number of benzene rings is 1. The fraction of sp³-hybridized carbons (Fsp3) is 0.591. The normalized spacial score (nSPS) is 22.3. The van der Waals surface area contributed by atoms with Crippen LogP contribution in [0.1, 0.15) is 24.8 Å². The highest BCUT2D eigenvalue weighted by molar-refractivity contribution is 6.30. The number of halogens is 4. The van der Waals surface area contributed by atoms with Gasteiger partial charge in [0.15, 0.2) is 0 Å². The second-order valence-electron chi connectivity index (χ2n) is 8.92. The van der Waals surface area contributed by atoms with E-state index in [1.165, 1.54) is 0 Å². The molecule has 0 unspecified atom stereocenters. The van der Waals surface area contributed by atoms with Crippen molar-refractivity contribution in [2.24, 2.45) is 0 Å². The van der Waals surface area contributed by atoms with Crippen LogP contribution >= 0.6 is 11.6 Å². The van der Waals surface area contributed by atoms with Crippen molar-refractivity contribution in [3.63, 3.8) is 0 Å². The molecule has 2 fully saturated rings. The lowest BCUT2D eigenvalue weighted by molar-refractivity contribution is -0.154. The molecule has 9 nitrogen and oxygen atoms in total. The number of amides is 1. The molecule has 2 saturated heterocycles. The Labute approximate surface area is 206 Å². The van der Waals surface area contributed by atoms with Gasteiger partial charge in [-0.05, 0) is 43.4 Å². The van der Waals surface area contributed by atoms with Crippen molar-refractivity contribution in [2.75, 3.05) is 43.4 Å². The average molecular weight is 516 g/mol. The van der Waals surface area contributed by atoms with E-state index in [2.05, 4.69) is 25.0 Å². The molecule has 0 saturated carbocycles. The minimum Gasteiger partial charge on any atom is -0.368 e. The van der Waals surface area contributed by atoms with Crippen LogP contribution in [0, 0.1) is 0 Å². The van der Waals surface area contributed by atoms with Gasteiger partial charge in [0.25, 0.3) is 5.91 Å². The van der Waals surface area contributed by atoms with Crippen molar-refractivity contribution in [3.8, 4) is 0 Å². The number of ether oxygens (including phenoxy) is 1. The molecule has 2 atom stereocenters. The van der Waals surface area contributed by atoms with Crippen LogP contribution in [0.4, 0.5) is 25.1 Å². The molecule has 1 aromatic heterocycles. The highest BCUT2D eigenvalue weighted by Gasteiger charge is 2.39. The standard InChI is InChI=1S/C22H29ClF3N7O2/c23-15-4-1-14(2-5-15)3-6-17-12-35-18(19(34)28-13-22(24,25)26)11-33(17)16-7-9-32(10-8-16)21-29-20(27)30-31-21/h1-2,4-5,16-18H,3,6-13H2,(H,28,34)(H3,27,29,30,31)/t17-,18+/m0/s1. The van der Waals surface area contributed by atoms with Gasteiger partial charge < -0.3 is 20.7 Å². The molecule has 2 aliphatic heterocycles. The second-order valence-corrected chi connectivity index (χ2v) is 9.36. The van der Waals surface area contributed by atoms with Gasteiger partial charge >= 0.3 is 6.18 Å². The van der Waals surface area contributed by atoms with E-state index >= 15 is 0 Å². The number of aromatic amines is 1. The first-order valence-corrected chi connectivity index (χ1v) is 11.9. The van der Waals surface area contributed by atoms with Gasteiger partial charge in [-0.1, -0.05) is 23.7 Å². The average Bonchev–Trinajstić information content (AvgIpc) is 3.28. The molecule has 0 aliphatic carbocycles. The van der Waals surface area contributed by atoms with Crippen LogP contribution in [-0.4, -0.2) is 83.1 Å². The van der Waals surface area contributed by atoms with Crippen molar-refractivity contribution >= 4 is 29.4 Å². The lowest BCUT2D eigenvalue weighted by Gasteiger charge is -2.46. The summed E-state index contributed by atoms with van der Waals surface area (Å²) in [5.41, 5.74) is 6.77. The van der Waals surface area contributed by atoms with E-state index in [9.17, 15) is 18.0 Å². The Morgan fingerprint density at radius 2 is 1.94 bits per heavy atom. The van der Waals surface area contributed by atoms with Crippen molar-refractivity contribution in [3.05, 3.63) is 34.9 Å². The van der Waals surface area contributed by atoms with E-state index < -0.39 is 24.7 Å². The Hall–Kier alpha value is -2.57. The molecular weight excluding hydrogens is 487 g/mol. The van der Waals surface area contributed by atoms with E-state index in [0.29, 0.717) is 24.1 Å². The predicted octanol–water partition coefficient (Wildman–Crippen LogP) is 2.39. The molecule has 0 spiro atoms. The number of carbonyl (C=O) groups excluding carboxylic acids is 1. The summed E-state index contributed by atoms with van der Waals surface area (Å²) in [5.74, 6) is 0.134. The summed E-state index contributed by atoms with van der Waals surface area (Å²) in [6, 6.07) is 7.84. The van der Waals surface area contributed by atoms with E-state index in [1.54, 1.807) is 0 Å². The number of nitrogen functional groups attached to an aromatic ring is 1. The van der Waals surface area contributed by atoms with Gasteiger partial charge in [-0.2, -0.15) is 13.2 Å². The molecule has 4 rings (SSSR count). The van der Waals surface area contributed by atoms with Crippen LogP contribution < -0.4 is 16.0 Å². The minimum absolute atomic E-state index is 0.0369. The molecule has 1 amide bonds. The maximum Gasteiger partial charge on any atom is 0.405 e. The summed E-state index contributed by atoms with van der Waals surface area (Å²) in [4.78, 5) is 19.7. The van der Waals surface area contributed by atoms with Gasteiger partial charge in [-0.3, -0.25) is 14.7 Å². The largest absolute Gasteiger partial charge is 0.405 e. The summed E-state index contributed by atoms with van der Waals surface area (Å²) >= 11 is 5.98. The number of hydrogen-bond acceptors (Lipinski definition) is 7. The number of nitrogens with zero attached hydrogens (tertiary/aromatic N) is 4. The quantitative estimate of drug-likeness (QED) is 0.519. The van der Waals surface area contributed by atoms with Crippen molar-refractivity contribution < 1.29 is 22.7 Å². The SMILES string of the molecule is Nc1nnc(N2CCC(N3C[C@H](C(=O)NCC(F)(F)F)OC[C@@H]3CCc3ccc(Cl)cc3)CC2)[nH]1. The molecule has 0 radical (unpaired) electrons. The number of hydrogen-bond donors (Lipinski definition) is 3. The molecule has 2 aromatic rings. The topological polar surface area (TPSA) is 112 Å². The number of nitrogens with two attached hydrogens (primary N) is 1. The van der Waals surface area contributed by atoms with Crippen LogP contribution in [0.25, 0.3) is 0 Å². The van der Waals surface area contributed by atoms with Gasteiger partial charge in [0.2, 0.25) is 11.9 Å². The summed E-state index contributed by atoms with van der Waals surface area (Å²) in [5, 5.41) is 10.5. The third-order valence-electron chi connectivity index (χ3n) is 6.50. The smallest absolute Gasteiger partial charge is 0.368 e. The zero-order valence-electron chi connectivity index (χ0n) is 19.1. The molecular formula is C22H29ClF3N7O2. The molecule has 1 aromatic carbocycles. The lowest BCUT2D eigenvalue weighted by atomic mass is 9.96. The number of carbonyl (C=O) groups is 1. The van der Waals surface area contributed by atoms with Gasteiger partial charge in [0, 0.05) is 36.7 Å². The number of anilines is 2. The molecule has 13 heteroatoms. The first kappa shape index (κ1) is 25.5. The summed E-state index contributed by atoms with van der Waals surface area (Å²) in [6.45, 7) is 0.576.